The van der Waals surface area contributed by atoms with Gasteiger partial charge in [0.15, 0.2) is 0 Å². The molecule has 68 valence electrons. The van der Waals surface area contributed by atoms with E-state index in [4.69, 9.17) is 6.42 Å². The molecule has 0 spiro atoms. The molecule has 0 radical (unpaired) electrons. The second-order valence-electron chi connectivity index (χ2n) is 2.90. The van der Waals surface area contributed by atoms with Gasteiger partial charge in [-0.1, -0.05) is 30.3 Å². The van der Waals surface area contributed by atoms with Crippen molar-refractivity contribution in [3.8, 4) is 12.3 Å². The number of hydrogen-bond donors (Lipinski definition) is 0. The van der Waals surface area contributed by atoms with Gasteiger partial charge in [0.2, 0.25) is 5.82 Å². The predicted molar refractivity (Wildman–Crippen MR) is 53.5 cm³/mol. The molecule has 3 nitrogen and oxygen atoms in total. The molecular weight excluding hydrogens is 174 g/mol. The van der Waals surface area contributed by atoms with Crippen LogP contribution >= 0.6 is 0 Å². The van der Waals surface area contributed by atoms with Crippen LogP contribution in [-0.2, 0) is 6.54 Å². The van der Waals surface area contributed by atoms with Crippen molar-refractivity contribution in [1.82, 2.24) is 14.8 Å². The first-order valence-electron chi connectivity index (χ1n) is 4.28. The van der Waals surface area contributed by atoms with Gasteiger partial charge in [-0.25, -0.2) is 9.67 Å². The van der Waals surface area contributed by atoms with Crippen LogP contribution in [0.3, 0.4) is 0 Å². The molecule has 0 amide bonds. The molecule has 0 unspecified atom stereocenters. The van der Waals surface area contributed by atoms with Crippen molar-refractivity contribution < 1.29 is 0 Å². The lowest BCUT2D eigenvalue weighted by atomic mass is 10.2. The van der Waals surface area contributed by atoms with Gasteiger partial charge in [0, 0.05) is 0 Å². The lowest BCUT2D eigenvalue weighted by Gasteiger charge is -1.98. The first kappa shape index (κ1) is 8.52. The molecule has 1 aromatic carbocycles. The summed E-state index contributed by atoms with van der Waals surface area (Å²) in [4.78, 5) is 3.95. The summed E-state index contributed by atoms with van der Waals surface area (Å²) in [5, 5.41) is 4.09. The smallest absolute Gasteiger partial charge is 0.225 e. The van der Waals surface area contributed by atoms with Gasteiger partial charge < -0.3 is 0 Å². The Bertz CT molecular complexity index is 451. The molecule has 0 saturated heterocycles. The Morgan fingerprint density at radius 1 is 1.29 bits per heavy atom. The highest BCUT2D eigenvalue weighted by Gasteiger charge is 1.97. The maximum atomic E-state index is 5.17. The number of aromatic nitrogens is 3. The predicted octanol–water partition coefficient (Wildman–Crippen LogP) is 1.31. The molecule has 1 heterocycles. The third-order valence-electron chi connectivity index (χ3n) is 1.85. The van der Waals surface area contributed by atoms with Gasteiger partial charge >= 0.3 is 0 Å². The maximum absolute atomic E-state index is 5.17. The Morgan fingerprint density at radius 2 is 2.07 bits per heavy atom. The van der Waals surface area contributed by atoms with Crippen LogP contribution in [0.1, 0.15) is 11.4 Å². The molecule has 14 heavy (non-hydrogen) atoms. The monoisotopic (exact) mass is 183 g/mol. The van der Waals surface area contributed by atoms with Crippen LogP contribution in [-0.4, -0.2) is 14.8 Å². The molecule has 0 bridgehead atoms. The van der Waals surface area contributed by atoms with E-state index in [2.05, 4.69) is 16.0 Å². The van der Waals surface area contributed by atoms with Gasteiger partial charge in [-0.05, 0) is 11.5 Å². The van der Waals surface area contributed by atoms with Gasteiger partial charge in [-0.2, -0.15) is 0 Å². The number of hydrogen-bond acceptors (Lipinski definition) is 2. The molecule has 2 rings (SSSR count). The van der Waals surface area contributed by atoms with E-state index in [-0.39, 0.29) is 0 Å². The highest BCUT2D eigenvalue weighted by Crippen LogP contribution is 2.00. The van der Waals surface area contributed by atoms with Crippen molar-refractivity contribution in [3.05, 3.63) is 48.0 Å². The van der Waals surface area contributed by atoms with E-state index in [1.807, 2.05) is 30.3 Å². The average Bonchev–Trinajstić information content (AvgIpc) is 2.67. The van der Waals surface area contributed by atoms with Crippen LogP contribution in [0.4, 0.5) is 0 Å². The first-order chi connectivity index (χ1) is 6.88. The normalized spacial score (nSPS) is 9.64. The summed E-state index contributed by atoms with van der Waals surface area (Å²) in [6.45, 7) is 0.704. The van der Waals surface area contributed by atoms with Crippen LogP contribution in [0, 0.1) is 12.3 Å². The Hall–Kier alpha value is -2.08. The van der Waals surface area contributed by atoms with Crippen LogP contribution < -0.4 is 0 Å². The third-order valence-corrected chi connectivity index (χ3v) is 1.85. The van der Waals surface area contributed by atoms with E-state index in [1.165, 1.54) is 5.56 Å². The van der Waals surface area contributed by atoms with Crippen molar-refractivity contribution in [2.24, 2.45) is 0 Å². The van der Waals surface area contributed by atoms with Gasteiger partial charge in [0.1, 0.15) is 6.33 Å². The molecule has 0 aliphatic rings. The molecule has 3 heteroatoms. The molecule has 0 fully saturated rings. The van der Waals surface area contributed by atoms with Crippen LogP contribution in [0.5, 0.6) is 0 Å². The van der Waals surface area contributed by atoms with E-state index in [0.29, 0.717) is 12.4 Å². The van der Waals surface area contributed by atoms with Gasteiger partial charge in [0.25, 0.3) is 0 Å². The number of rotatable bonds is 2. The number of nitrogens with zero attached hydrogens (tertiary/aromatic N) is 3. The standard InChI is InChI=1S/C11H9N3/c1-2-11-12-9-14(13-11)8-10-6-4-3-5-7-10/h1,3-7,9H,8H2. The maximum Gasteiger partial charge on any atom is 0.225 e. The molecule has 0 atom stereocenters. The Balaban J connectivity index is 2.16. The van der Waals surface area contributed by atoms with Gasteiger partial charge in [-0.15, -0.1) is 11.5 Å². The molecule has 0 saturated carbocycles. The lowest BCUT2D eigenvalue weighted by molar-refractivity contribution is 0.683. The van der Waals surface area contributed by atoms with E-state index < -0.39 is 0 Å². The van der Waals surface area contributed by atoms with Crippen LogP contribution in [0.15, 0.2) is 36.7 Å². The fourth-order valence-corrected chi connectivity index (χ4v) is 1.21. The van der Waals surface area contributed by atoms with Crippen molar-refractivity contribution in [2.75, 3.05) is 0 Å². The highest BCUT2D eigenvalue weighted by atomic mass is 15.3. The molecule has 0 aliphatic carbocycles. The van der Waals surface area contributed by atoms with Crippen molar-refractivity contribution in [1.29, 1.82) is 0 Å². The summed E-state index contributed by atoms with van der Waals surface area (Å²) in [5.74, 6) is 2.82. The topological polar surface area (TPSA) is 30.7 Å². The second-order valence-corrected chi connectivity index (χ2v) is 2.90. The minimum absolute atomic E-state index is 0.431. The summed E-state index contributed by atoms with van der Waals surface area (Å²) in [6, 6.07) is 10.1. The summed E-state index contributed by atoms with van der Waals surface area (Å²) in [6.07, 6.45) is 6.81. The number of terminal acetylenes is 1. The zero-order valence-electron chi connectivity index (χ0n) is 7.59. The summed E-state index contributed by atoms with van der Waals surface area (Å²) in [7, 11) is 0. The van der Waals surface area contributed by atoms with E-state index in [1.54, 1.807) is 11.0 Å². The lowest BCUT2D eigenvalue weighted by Crippen LogP contribution is -1.99. The van der Waals surface area contributed by atoms with Crippen LogP contribution in [0.2, 0.25) is 0 Å². The third kappa shape index (κ3) is 1.80. The Labute approximate surface area is 82.4 Å². The molecule has 0 N–H and O–H groups in total. The van der Waals surface area contributed by atoms with Crippen molar-refractivity contribution in [2.45, 2.75) is 6.54 Å². The summed E-state index contributed by atoms with van der Waals surface area (Å²) >= 11 is 0. The second kappa shape index (κ2) is 3.75. The molecular formula is C11H9N3. The van der Waals surface area contributed by atoms with Crippen LogP contribution in [0.25, 0.3) is 0 Å². The zero-order valence-corrected chi connectivity index (χ0v) is 7.59. The van der Waals surface area contributed by atoms with E-state index in [0.717, 1.165) is 0 Å². The van der Waals surface area contributed by atoms with Crippen molar-refractivity contribution in [3.63, 3.8) is 0 Å². The quantitative estimate of drug-likeness (QED) is 0.657. The first-order valence-corrected chi connectivity index (χ1v) is 4.28. The van der Waals surface area contributed by atoms with Gasteiger partial charge in [0.05, 0.1) is 6.54 Å². The Kier molecular flexibility index (Phi) is 2.28. The molecule has 0 aliphatic heterocycles. The minimum atomic E-state index is 0.431. The van der Waals surface area contributed by atoms with E-state index in [9.17, 15) is 0 Å². The van der Waals surface area contributed by atoms with Crippen molar-refractivity contribution >= 4 is 0 Å². The Morgan fingerprint density at radius 3 is 2.71 bits per heavy atom. The number of benzene rings is 1. The minimum Gasteiger partial charge on any atom is -0.247 e. The largest absolute Gasteiger partial charge is 0.247 e. The SMILES string of the molecule is C#Cc1ncn(Cc2ccccc2)n1. The fraction of sp³-hybridized carbons (Fsp3) is 0.0909. The molecule has 2 aromatic rings. The van der Waals surface area contributed by atoms with Gasteiger partial charge in [-0.3, -0.25) is 0 Å². The highest BCUT2D eigenvalue weighted by molar-refractivity contribution is 5.16. The summed E-state index contributed by atoms with van der Waals surface area (Å²) in [5.41, 5.74) is 1.18. The fourth-order valence-electron chi connectivity index (χ4n) is 1.21. The molecule has 1 aromatic heterocycles. The summed E-state index contributed by atoms with van der Waals surface area (Å²) < 4.78 is 1.73. The van der Waals surface area contributed by atoms with E-state index >= 15 is 0 Å². The average molecular weight is 183 g/mol. The zero-order chi connectivity index (χ0) is 9.80.